The van der Waals surface area contributed by atoms with Gasteiger partial charge in [-0.15, -0.1) is 0 Å². The second kappa shape index (κ2) is 6.22. The summed E-state index contributed by atoms with van der Waals surface area (Å²) in [6, 6.07) is 14.7. The van der Waals surface area contributed by atoms with Crippen LogP contribution in [0.15, 0.2) is 46.9 Å². The van der Waals surface area contributed by atoms with Crippen molar-refractivity contribution in [3.05, 3.63) is 63.6 Å². The third-order valence-corrected chi connectivity index (χ3v) is 3.58. The molecule has 0 atom stereocenters. The zero-order chi connectivity index (χ0) is 13.8. The molecular formula is C16H19BrN2. The molecular weight excluding hydrogens is 300 g/mol. The number of aryl methyl sites for hydroxylation is 1. The third-order valence-electron chi connectivity index (χ3n) is 3.08. The van der Waals surface area contributed by atoms with Crippen LogP contribution in [0.25, 0.3) is 0 Å². The first-order valence-electron chi connectivity index (χ1n) is 6.32. The molecule has 0 fully saturated rings. The Morgan fingerprint density at radius 1 is 1.11 bits per heavy atom. The highest BCUT2D eigenvalue weighted by Gasteiger charge is 2.05. The molecule has 0 radical (unpaired) electrons. The quantitative estimate of drug-likeness (QED) is 0.864. The predicted octanol–water partition coefficient (Wildman–Crippen LogP) is 3.97. The lowest BCUT2D eigenvalue weighted by atomic mass is 10.1. The first kappa shape index (κ1) is 14.1. The van der Waals surface area contributed by atoms with Gasteiger partial charge >= 0.3 is 0 Å². The first-order chi connectivity index (χ1) is 9.04. The van der Waals surface area contributed by atoms with Crippen LogP contribution in [-0.4, -0.2) is 11.9 Å². The molecule has 0 aliphatic carbocycles. The first-order valence-corrected chi connectivity index (χ1v) is 7.12. The molecule has 19 heavy (non-hydrogen) atoms. The third kappa shape index (κ3) is 4.08. The minimum Gasteiger partial charge on any atom is -0.398 e. The number of hydrogen-bond donors (Lipinski definition) is 1. The largest absolute Gasteiger partial charge is 0.398 e. The summed E-state index contributed by atoms with van der Waals surface area (Å²) in [5.41, 5.74) is 10.7. The van der Waals surface area contributed by atoms with Crippen molar-refractivity contribution in [3.63, 3.8) is 0 Å². The lowest BCUT2D eigenvalue weighted by molar-refractivity contribution is 0.319. The molecule has 2 rings (SSSR count). The molecule has 3 heteroatoms. The number of halogens is 1. The van der Waals surface area contributed by atoms with Gasteiger partial charge in [-0.25, -0.2) is 0 Å². The number of rotatable bonds is 4. The van der Waals surface area contributed by atoms with E-state index in [0.717, 1.165) is 23.2 Å². The van der Waals surface area contributed by atoms with Crippen molar-refractivity contribution in [2.75, 3.05) is 12.8 Å². The van der Waals surface area contributed by atoms with Crippen LogP contribution in [0.2, 0.25) is 0 Å². The van der Waals surface area contributed by atoms with Gasteiger partial charge in [0.1, 0.15) is 0 Å². The number of nitrogen functional groups attached to an aromatic ring is 1. The number of nitrogens with zero attached hydrogens (tertiary/aromatic N) is 1. The number of hydrogen-bond acceptors (Lipinski definition) is 2. The minimum absolute atomic E-state index is 0.838. The van der Waals surface area contributed by atoms with E-state index in [1.807, 2.05) is 12.1 Å². The second-order valence-corrected chi connectivity index (χ2v) is 5.92. The van der Waals surface area contributed by atoms with Gasteiger partial charge in [0, 0.05) is 23.2 Å². The maximum Gasteiger partial charge on any atom is 0.0371 e. The second-order valence-electron chi connectivity index (χ2n) is 5.00. The Kier molecular flexibility index (Phi) is 4.61. The SMILES string of the molecule is Cc1cccc(CN(C)Cc2ccc(Br)cc2N)c1. The van der Waals surface area contributed by atoms with E-state index >= 15 is 0 Å². The molecule has 0 amide bonds. The smallest absolute Gasteiger partial charge is 0.0371 e. The van der Waals surface area contributed by atoms with E-state index in [1.54, 1.807) is 0 Å². The van der Waals surface area contributed by atoms with Crippen LogP contribution < -0.4 is 5.73 Å². The van der Waals surface area contributed by atoms with E-state index in [0.29, 0.717) is 0 Å². The van der Waals surface area contributed by atoms with Crippen molar-refractivity contribution in [1.29, 1.82) is 0 Å². The molecule has 0 heterocycles. The summed E-state index contributed by atoms with van der Waals surface area (Å²) in [6.07, 6.45) is 0. The Morgan fingerprint density at radius 2 is 1.89 bits per heavy atom. The number of benzene rings is 2. The molecule has 0 saturated heterocycles. The molecule has 2 aromatic carbocycles. The number of anilines is 1. The summed E-state index contributed by atoms with van der Waals surface area (Å²) in [7, 11) is 2.11. The van der Waals surface area contributed by atoms with Crippen LogP contribution in [-0.2, 0) is 13.1 Å². The molecule has 2 nitrogen and oxygen atoms in total. The Labute approximate surface area is 123 Å². The normalized spacial score (nSPS) is 10.9. The van der Waals surface area contributed by atoms with Crippen molar-refractivity contribution in [3.8, 4) is 0 Å². The van der Waals surface area contributed by atoms with Gasteiger partial charge in [0.15, 0.2) is 0 Å². The molecule has 0 spiro atoms. The van der Waals surface area contributed by atoms with Crippen LogP contribution in [0.1, 0.15) is 16.7 Å². The van der Waals surface area contributed by atoms with Crippen molar-refractivity contribution < 1.29 is 0 Å². The molecule has 0 saturated carbocycles. The van der Waals surface area contributed by atoms with Crippen LogP contribution >= 0.6 is 15.9 Å². The molecule has 0 bridgehead atoms. The van der Waals surface area contributed by atoms with E-state index in [9.17, 15) is 0 Å². The molecule has 0 aliphatic heterocycles. The summed E-state index contributed by atoms with van der Waals surface area (Å²) in [4.78, 5) is 2.27. The Morgan fingerprint density at radius 3 is 2.58 bits per heavy atom. The highest BCUT2D eigenvalue weighted by Crippen LogP contribution is 2.20. The summed E-state index contributed by atoms with van der Waals surface area (Å²) >= 11 is 3.43. The Bertz CT molecular complexity index is 566. The van der Waals surface area contributed by atoms with E-state index in [4.69, 9.17) is 5.73 Å². The summed E-state index contributed by atoms with van der Waals surface area (Å²) in [5, 5.41) is 0. The molecule has 100 valence electrons. The van der Waals surface area contributed by atoms with Gasteiger partial charge in [0.2, 0.25) is 0 Å². The molecule has 2 N–H and O–H groups in total. The highest BCUT2D eigenvalue weighted by atomic mass is 79.9. The van der Waals surface area contributed by atoms with Gasteiger partial charge in [-0.1, -0.05) is 51.8 Å². The van der Waals surface area contributed by atoms with Crippen molar-refractivity contribution in [1.82, 2.24) is 4.90 Å². The monoisotopic (exact) mass is 318 g/mol. The van der Waals surface area contributed by atoms with E-state index < -0.39 is 0 Å². The van der Waals surface area contributed by atoms with Gasteiger partial charge in [-0.2, -0.15) is 0 Å². The van der Waals surface area contributed by atoms with Crippen LogP contribution in [0, 0.1) is 6.92 Å². The van der Waals surface area contributed by atoms with E-state index in [-0.39, 0.29) is 0 Å². The van der Waals surface area contributed by atoms with Crippen LogP contribution in [0.5, 0.6) is 0 Å². The minimum atomic E-state index is 0.838. The highest BCUT2D eigenvalue weighted by molar-refractivity contribution is 9.10. The van der Waals surface area contributed by atoms with Gasteiger partial charge < -0.3 is 5.73 Å². The molecule has 0 aromatic heterocycles. The van der Waals surface area contributed by atoms with Crippen LogP contribution in [0.3, 0.4) is 0 Å². The molecule has 0 aliphatic rings. The zero-order valence-corrected chi connectivity index (χ0v) is 12.9. The van der Waals surface area contributed by atoms with E-state index in [2.05, 4.69) is 65.1 Å². The summed E-state index contributed by atoms with van der Waals surface area (Å²) in [6.45, 7) is 3.90. The lowest BCUT2D eigenvalue weighted by Gasteiger charge is -2.18. The summed E-state index contributed by atoms with van der Waals surface area (Å²) in [5.74, 6) is 0. The Balaban J connectivity index is 2.03. The number of nitrogens with two attached hydrogens (primary N) is 1. The fourth-order valence-corrected chi connectivity index (χ4v) is 2.56. The van der Waals surface area contributed by atoms with Crippen molar-refractivity contribution >= 4 is 21.6 Å². The fraction of sp³-hybridized carbons (Fsp3) is 0.250. The average molecular weight is 319 g/mol. The van der Waals surface area contributed by atoms with Gasteiger partial charge in [0.05, 0.1) is 0 Å². The van der Waals surface area contributed by atoms with Gasteiger partial charge in [0.25, 0.3) is 0 Å². The standard InChI is InChI=1S/C16H19BrN2/c1-12-4-3-5-13(8-12)10-19(2)11-14-6-7-15(17)9-16(14)18/h3-9H,10-11,18H2,1-2H3. The molecule has 0 unspecified atom stereocenters. The van der Waals surface area contributed by atoms with Crippen molar-refractivity contribution in [2.24, 2.45) is 0 Å². The predicted molar refractivity (Wildman–Crippen MR) is 84.9 cm³/mol. The molecule has 2 aromatic rings. The summed E-state index contributed by atoms with van der Waals surface area (Å²) < 4.78 is 1.02. The maximum atomic E-state index is 6.03. The van der Waals surface area contributed by atoms with Gasteiger partial charge in [-0.05, 0) is 37.2 Å². The Hall–Kier alpha value is -1.32. The lowest BCUT2D eigenvalue weighted by Crippen LogP contribution is -2.18. The topological polar surface area (TPSA) is 29.3 Å². The van der Waals surface area contributed by atoms with Crippen molar-refractivity contribution in [2.45, 2.75) is 20.0 Å². The maximum absolute atomic E-state index is 6.03. The van der Waals surface area contributed by atoms with Gasteiger partial charge in [-0.3, -0.25) is 4.90 Å². The average Bonchev–Trinajstić information content (AvgIpc) is 2.33. The van der Waals surface area contributed by atoms with E-state index in [1.165, 1.54) is 16.7 Å². The fourth-order valence-electron chi connectivity index (χ4n) is 2.18. The zero-order valence-electron chi connectivity index (χ0n) is 11.4. The van der Waals surface area contributed by atoms with Crippen LogP contribution in [0.4, 0.5) is 5.69 Å².